The Labute approximate surface area is 280 Å². The van der Waals surface area contributed by atoms with Gasteiger partial charge in [-0.25, -0.2) is 0 Å². The molecule has 9 aromatic rings. The summed E-state index contributed by atoms with van der Waals surface area (Å²) in [5.74, 6) is 0.0452. The van der Waals surface area contributed by atoms with E-state index in [0.29, 0.717) is 0 Å². The molecule has 48 heavy (non-hydrogen) atoms. The minimum absolute atomic E-state index is 0.0452. The lowest BCUT2D eigenvalue weighted by molar-refractivity contribution is 0.669. The van der Waals surface area contributed by atoms with E-state index in [9.17, 15) is 0 Å². The summed E-state index contributed by atoms with van der Waals surface area (Å²) in [6.45, 7) is 0. The third kappa shape index (κ3) is 4.98. The van der Waals surface area contributed by atoms with E-state index in [0.717, 1.165) is 16.6 Å². The first-order valence-electron chi connectivity index (χ1n) is 16.5. The van der Waals surface area contributed by atoms with E-state index in [1.165, 1.54) is 66.2 Å². The molecule has 0 aliphatic heterocycles. The highest BCUT2D eigenvalue weighted by Gasteiger charge is 2.21. The van der Waals surface area contributed by atoms with E-state index in [-0.39, 0.29) is 5.92 Å². The minimum atomic E-state index is 0.0452. The zero-order valence-electron chi connectivity index (χ0n) is 26.4. The van der Waals surface area contributed by atoms with Crippen LogP contribution in [-0.4, -0.2) is 0 Å². The number of hydrogen-bond acceptors (Lipinski definition) is 1. The topological polar surface area (TPSA) is 13.1 Å². The molecule has 226 valence electrons. The number of rotatable bonds is 6. The second-order valence-electron chi connectivity index (χ2n) is 12.5. The van der Waals surface area contributed by atoms with Gasteiger partial charge in [-0.05, 0) is 79.0 Å². The lowest BCUT2D eigenvalue weighted by Crippen LogP contribution is -2.03. The van der Waals surface area contributed by atoms with E-state index < -0.39 is 0 Å². The van der Waals surface area contributed by atoms with Crippen molar-refractivity contribution >= 4 is 32.7 Å². The van der Waals surface area contributed by atoms with Crippen molar-refractivity contribution in [1.29, 1.82) is 0 Å². The fourth-order valence-electron chi connectivity index (χ4n) is 7.27. The molecule has 9 rings (SSSR count). The summed E-state index contributed by atoms with van der Waals surface area (Å²) in [4.78, 5) is 0. The largest absolute Gasteiger partial charge is 0.456 e. The van der Waals surface area contributed by atoms with Crippen LogP contribution in [0.1, 0.15) is 22.6 Å². The normalized spacial score (nSPS) is 11.5. The smallest absolute Gasteiger partial charge is 0.136 e. The van der Waals surface area contributed by atoms with Crippen LogP contribution >= 0.6 is 0 Å². The number of fused-ring (bicyclic) bond motifs is 5. The van der Waals surface area contributed by atoms with Crippen LogP contribution in [0.15, 0.2) is 192 Å². The highest BCUT2D eigenvalue weighted by molar-refractivity contribution is 6.22. The maximum absolute atomic E-state index is 6.60. The molecule has 0 spiro atoms. The van der Waals surface area contributed by atoms with Crippen LogP contribution in [0.5, 0.6) is 0 Å². The maximum Gasteiger partial charge on any atom is 0.136 e. The van der Waals surface area contributed by atoms with Gasteiger partial charge in [-0.15, -0.1) is 0 Å². The molecule has 0 aliphatic carbocycles. The number of furan rings is 1. The zero-order chi connectivity index (χ0) is 31.9. The summed E-state index contributed by atoms with van der Waals surface area (Å²) in [6, 6.07) is 67.6. The van der Waals surface area contributed by atoms with Crippen molar-refractivity contribution in [2.75, 3.05) is 0 Å². The monoisotopic (exact) mass is 612 g/mol. The lowest BCUT2D eigenvalue weighted by Gasteiger charge is -2.20. The molecule has 0 N–H and O–H groups in total. The molecule has 1 heterocycles. The van der Waals surface area contributed by atoms with Crippen LogP contribution in [0.4, 0.5) is 0 Å². The Bertz CT molecular complexity index is 2430. The molecule has 0 radical (unpaired) electrons. The molecule has 8 aromatic carbocycles. The summed E-state index contributed by atoms with van der Waals surface area (Å²) >= 11 is 0. The number of benzene rings is 8. The van der Waals surface area contributed by atoms with Crippen molar-refractivity contribution < 1.29 is 4.42 Å². The maximum atomic E-state index is 6.60. The SMILES string of the molecule is c1ccc(-c2ccc(C(c3ccc(-c4ccccc4)cc3)c3ccc4oc5cc(-c6ccccc6)c6ccccc6c5c4c3)cc2)cc1. The van der Waals surface area contributed by atoms with Crippen molar-refractivity contribution in [2.45, 2.75) is 5.92 Å². The highest BCUT2D eigenvalue weighted by Crippen LogP contribution is 2.42. The summed E-state index contributed by atoms with van der Waals surface area (Å²) in [5.41, 5.74) is 12.8. The Morgan fingerprint density at radius 3 is 1.33 bits per heavy atom. The molecule has 1 heteroatoms. The van der Waals surface area contributed by atoms with Crippen molar-refractivity contribution in [1.82, 2.24) is 0 Å². The van der Waals surface area contributed by atoms with Crippen LogP contribution in [0.25, 0.3) is 66.1 Å². The number of hydrogen-bond donors (Lipinski definition) is 0. The predicted molar refractivity (Wildman–Crippen MR) is 201 cm³/mol. The zero-order valence-corrected chi connectivity index (χ0v) is 26.4. The average Bonchev–Trinajstić information content (AvgIpc) is 3.54. The average molecular weight is 613 g/mol. The van der Waals surface area contributed by atoms with Gasteiger partial charge in [0, 0.05) is 16.7 Å². The fraction of sp³-hybridized carbons (Fsp3) is 0.0213. The predicted octanol–water partition coefficient (Wildman–Crippen LogP) is 12.9. The lowest BCUT2D eigenvalue weighted by atomic mass is 9.83. The van der Waals surface area contributed by atoms with Gasteiger partial charge in [0.1, 0.15) is 11.2 Å². The molecule has 0 saturated carbocycles. The Morgan fingerprint density at radius 1 is 0.312 bits per heavy atom. The molecule has 1 nitrogen and oxygen atoms in total. The molecular weight excluding hydrogens is 581 g/mol. The Kier molecular flexibility index (Phi) is 6.95. The molecule has 0 atom stereocenters. The first kappa shape index (κ1) is 28.1. The van der Waals surface area contributed by atoms with Gasteiger partial charge in [0.25, 0.3) is 0 Å². The molecule has 0 unspecified atom stereocenters. The van der Waals surface area contributed by atoms with Crippen LogP contribution < -0.4 is 0 Å². The molecule has 0 fully saturated rings. The Hall–Kier alpha value is -6.18. The summed E-state index contributed by atoms with van der Waals surface area (Å²) < 4.78 is 6.60. The van der Waals surface area contributed by atoms with Gasteiger partial charge in [0.05, 0.1) is 0 Å². The van der Waals surface area contributed by atoms with Gasteiger partial charge in [0.2, 0.25) is 0 Å². The van der Waals surface area contributed by atoms with Crippen LogP contribution in [0.2, 0.25) is 0 Å². The van der Waals surface area contributed by atoms with E-state index in [2.05, 4.69) is 188 Å². The molecule has 0 aliphatic rings. The van der Waals surface area contributed by atoms with Gasteiger partial charge < -0.3 is 4.42 Å². The molecular formula is C47H32O. The molecule has 0 saturated heterocycles. The van der Waals surface area contributed by atoms with E-state index in [4.69, 9.17) is 4.42 Å². The molecule has 0 bridgehead atoms. The van der Waals surface area contributed by atoms with Crippen molar-refractivity contribution in [3.05, 3.63) is 205 Å². The Morgan fingerprint density at radius 2 is 0.771 bits per heavy atom. The van der Waals surface area contributed by atoms with E-state index in [1.807, 2.05) is 0 Å². The van der Waals surface area contributed by atoms with E-state index in [1.54, 1.807) is 0 Å². The van der Waals surface area contributed by atoms with Gasteiger partial charge in [-0.3, -0.25) is 0 Å². The second kappa shape index (κ2) is 11.9. The third-order valence-corrected chi connectivity index (χ3v) is 9.62. The third-order valence-electron chi connectivity index (χ3n) is 9.62. The highest BCUT2D eigenvalue weighted by atomic mass is 16.3. The van der Waals surface area contributed by atoms with Gasteiger partial charge in [-0.1, -0.05) is 170 Å². The van der Waals surface area contributed by atoms with Gasteiger partial charge in [0.15, 0.2) is 0 Å². The van der Waals surface area contributed by atoms with Gasteiger partial charge >= 0.3 is 0 Å². The summed E-state index contributed by atoms with van der Waals surface area (Å²) in [6.07, 6.45) is 0. The van der Waals surface area contributed by atoms with E-state index >= 15 is 0 Å². The molecule has 1 aromatic heterocycles. The van der Waals surface area contributed by atoms with Crippen LogP contribution in [0.3, 0.4) is 0 Å². The first-order chi connectivity index (χ1) is 23.8. The van der Waals surface area contributed by atoms with Gasteiger partial charge in [-0.2, -0.15) is 0 Å². The summed E-state index contributed by atoms with van der Waals surface area (Å²) in [5, 5.41) is 4.75. The standard InChI is InChI=1S/C47H32O/c1-4-12-32(13-5-1)34-20-24-37(25-21-34)46(38-26-22-35(23-27-38)33-14-6-2-7-15-33)39-28-29-44-43(30-39)47-41-19-11-10-18-40(41)42(31-45(47)48-44)36-16-8-3-9-17-36/h1-31,46H. The fourth-order valence-corrected chi connectivity index (χ4v) is 7.27. The van der Waals surface area contributed by atoms with Crippen molar-refractivity contribution in [2.24, 2.45) is 0 Å². The molecule has 0 amide bonds. The summed E-state index contributed by atoms with van der Waals surface area (Å²) in [7, 11) is 0. The van der Waals surface area contributed by atoms with Crippen molar-refractivity contribution in [3.63, 3.8) is 0 Å². The first-order valence-corrected chi connectivity index (χ1v) is 16.5. The second-order valence-corrected chi connectivity index (χ2v) is 12.5. The quantitative estimate of drug-likeness (QED) is 0.170. The van der Waals surface area contributed by atoms with Crippen molar-refractivity contribution in [3.8, 4) is 33.4 Å². The van der Waals surface area contributed by atoms with Crippen LogP contribution in [-0.2, 0) is 0 Å². The Balaban J connectivity index is 1.22. The van der Waals surface area contributed by atoms with Crippen LogP contribution in [0, 0.1) is 0 Å². The minimum Gasteiger partial charge on any atom is -0.456 e.